The van der Waals surface area contributed by atoms with Crippen LogP contribution in [0.4, 0.5) is 0 Å². The van der Waals surface area contributed by atoms with Gasteiger partial charge < -0.3 is 0 Å². The van der Waals surface area contributed by atoms with Crippen molar-refractivity contribution in [3.8, 4) is 0 Å². The molecule has 0 aromatic carbocycles. The molecule has 1 aliphatic carbocycles. The second-order valence-corrected chi connectivity index (χ2v) is 8.79. The molecule has 0 radical (unpaired) electrons. The lowest BCUT2D eigenvalue weighted by molar-refractivity contribution is -0.113. The SMILES string of the molecule is CCC(C)(C)C1C/C(=C\c2ccsc2)C(=O)/C(=C/c2ccsc2)C1. The summed E-state index contributed by atoms with van der Waals surface area (Å²) in [6.45, 7) is 6.91. The molecule has 3 rings (SSSR count). The molecule has 0 N–H and O–H groups in total. The van der Waals surface area contributed by atoms with Crippen molar-refractivity contribution in [2.45, 2.75) is 40.0 Å². The van der Waals surface area contributed by atoms with E-state index in [1.807, 2.05) is 0 Å². The molecule has 0 saturated heterocycles. The second kappa shape index (κ2) is 7.20. The first-order valence-corrected chi connectivity index (χ1v) is 10.4. The Morgan fingerprint density at radius 3 is 1.92 bits per heavy atom. The first kappa shape index (κ1) is 17.4. The van der Waals surface area contributed by atoms with Crippen LogP contribution in [0.2, 0.25) is 0 Å². The standard InChI is InChI=1S/C21H24OS2/c1-4-21(2,3)19-11-17(9-15-5-7-23-13-15)20(22)18(12-19)10-16-6-8-24-14-16/h5-10,13-14,19H,4,11-12H2,1-3H3/b17-9+,18-10+. The number of carbonyl (C=O) groups excluding carboxylic acids is 1. The third kappa shape index (κ3) is 3.79. The van der Waals surface area contributed by atoms with E-state index in [9.17, 15) is 4.79 Å². The van der Waals surface area contributed by atoms with Crippen LogP contribution in [0, 0.1) is 11.3 Å². The normalized spacial score (nSPS) is 22.5. The molecule has 2 aromatic rings. The highest BCUT2D eigenvalue weighted by atomic mass is 32.1. The number of carbonyl (C=O) groups is 1. The summed E-state index contributed by atoms with van der Waals surface area (Å²) in [5.74, 6) is 0.741. The van der Waals surface area contributed by atoms with Gasteiger partial charge in [-0.05, 0) is 81.1 Å². The lowest BCUT2D eigenvalue weighted by atomic mass is 9.66. The molecule has 1 nitrogen and oxygen atoms in total. The minimum Gasteiger partial charge on any atom is -0.289 e. The number of hydrogen-bond acceptors (Lipinski definition) is 3. The Hall–Kier alpha value is -1.45. The number of ketones is 1. The molecule has 0 unspecified atom stereocenters. The van der Waals surface area contributed by atoms with E-state index in [0.717, 1.165) is 41.5 Å². The van der Waals surface area contributed by atoms with Crippen molar-refractivity contribution in [1.29, 1.82) is 0 Å². The summed E-state index contributed by atoms with van der Waals surface area (Å²) >= 11 is 3.35. The Labute approximate surface area is 152 Å². The minimum atomic E-state index is 0.232. The van der Waals surface area contributed by atoms with Crippen molar-refractivity contribution < 1.29 is 4.79 Å². The zero-order valence-electron chi connectivity index (χ0n) is 14.5. The van der Waals surface area contributed by atoms with Crippen LogP contribution in [0.3, 0.4) is 0 Å². The van der Waals surface area contributed by atoms with Gasteiger partial charge in [0.1, 0.15) is 0 Å². The average Bonchev–Trinajstić information content (AvgIpc) is 3.24. The lowest BCUT2D eigenvalue weighted by Crippen LogP contribution is -2.30. The van der Waals surface area contributed by atoms with Crippen molar-refractivity contribution >= 4 is 40.6 Å². The van der Waals surface area contributed by atoms with Crippen LogP contribution in [0.25, 0.3) is 12.2 Å². The highest BCUT2D eigenvalue weighted by Crippen LogP contribution is 2.44. The van der Waals surface area contributed by atoms with E-state index >= 15 is 0 Å². The van der Waals surface area contributed by atoms with Crippen molar-refractivity contribution in [1.82, 2.24) is 0 Å². The molecule has 2 heterocycles. The van der Waals surface area contributed by atoms with Gasteiger partial charge in [-0.2, -0.15) is 22.7 Å². The Morgan fingerprint density at radius 2 is 1.54 bits per heavy atom. The fourth-order valence-corrected chi connectivity index (χ4v) is 4.44. The molecule has 1 saturated carbocycles. The maximum Gasteiger partial charge on any atom is 0.185 e. The number of rotatable bonds is 4. The maximum atomic E-state index is 13.0. The lowest BCUT2D eigenvalue weighted by Gasteiger charge is -2.37. The van der Waals surface area contributed by atoms with Crippen LogP contribution >= 0.6 is 22.7 Å². The molecule has 0 bridgehead atoms. The fraction of sp³-hybridized carbons (Fsp3) is 0.381. The molecule has 0 amide bonds. The highest BCUT2D eigenvalue weighted by molar-refractivity contribution is 7.08. The van der Waals surface area contributed by atoms with Crippen LogP contribution in [0.1, 0.15) is 51.2 Å². The monoisotopic (exact) mass is 356 g/mol. The summed E-state index contributed by atoms with van der Waals surface area (Å²) in [5, 5.41) is 8.35. The zero-order chi connectivity index (χ0) is 17.2. The van der Waals surface area contributed by atoms with E-state index in [2.05, 4.69) is 66.6 Å². The van der Waals surface area contributed by atoms with Crippen molar-refractivity contribution in [3.05, 3.63) is 55.9 Å². The van der Waals surface area contributed by atoms with Crippen LogP contribution in [0.15, 0.2) is 44.8 Å². The molecule has 1 fully saturated rings. The summed E-state index contributed by atoms with van der Waals surface area (Å²) in [6, 6.07) is 4.17. The van der Waals surface area contributed by atoms with Crippen molar-refractivity contribution in [3.63, 3.8) is 0 Å². The van der Waals surface area contributed by atoms with Gasteiger partial charge in [-0.3, -0.25) is 4.79 Å². The smallest absolute Gasteiger partial charge is 0.185 e. The van der Waals surface area contributed by atoms with Crippen LogP contribution < -0.4 is 0 Å². The summed E-state index contributed by atoms with van der Waals surface area (Å²) in [4.78, 5) is 13.0. The Morgan fingerprint density at radius 1 is 1.04 bits per heavy atom. The predicted molar refractivity (Wildman–Crippen MR) is 106 cm³/mol. The number of thiophene rings is 2. The highest BCUT2D eigenvalue weighted by Gasteiger charge is 2.36. The van der Waals surface area contributed by atoms with Crippen LogP contribution in [-0.4, -0.2) is 5.78 Å². The molecule has 0 atom stereocenters. The van der Waals surface area contributed by atoms with E-state index in [4.69, 9.17) is 0 Å². The Balaban J connectivity index is 1.98. The van der Waals surface area contributed by atoms with E-state index < -0.39 is 0 Å². The Kier molecular flexibility index (Phi) is 5.21. The van der Waals surface area contributed by atoms with Gasteiger partial charge >= 0.3 is 0 Å². The van der Waals surface area contributed by atoms with E-state index in [1.165, 1.54) is 0 Å². The minimum absolute atomic E-state index is 0.232. The molecule has 0 spiro atoms. The van der Waals surface area contributed by atoms with Gasteiger partial charge in [0.2, 0.25) is 0 Å². The van der Waals surface area contributed by atoms with Crippen LogP contribution in [0.5, 0.6) is 0 Å². The average molecular weight is 357 g/mol. The molecular formula is C21H24OS2. The molecule has 126 valence electrons. The first-order chi connectivity index (χ1) is 11.5. The van der Waals surface area contributed by atoms with Gasteiger partial charge in [0, 0.05) is 11.1 Å². The molecule has 3 heteroatoms. The molecule has 0 aliphatic heterocycles. The van der Waals surface area contributed by atoms with E-state index in [0.29, 0.717) is 5.92 Å². The van der Waals surface area contributed by atoms with Gasteiger partial charge in [-0.25, -0.2) is 0 Å². The summed E-state index contributed by atoms with van der Waals surface area (Å²) in [5.41, 5.74) is 4.46. The summed E-state index contributed by atoms with van der Waals surface area (Å²) in [7, 11) is 0. The third-order valence-electron chi connectivity index (χ3n) is 5.30. The van der Waals surface area contributed by atoms with Crippen molar-refractivity contribution in [2.75, 3.05) is 0 Å². The van der Waals surface area contributed by atoms with Gasteiger partial charge in [0.15, 0.2) is 5.78 Å². The largest absolute Gasteiger partial charge is 0.289 e. The Bertz CT molecular complexity index is 690. The van der Waals surface area contributed by atoms with Gasteiger partial charge in [0.25, 0.3) is 0 Å². The fourth-order valence-electron chi connectivity index (χ4n) is 3.20. The third-order valence-corrected chi connectivity index (χ3v) is 6.70. The molecule has 1 aliphatic rings. The first-order valence-electron chi connectivity index (χ1n) is 8.50. The maximum absolute atomic E-state index is 13.0. The summed E-state index contributed by atoms with van der Waals surface area (Å²) < 4.78 is 0. The molecular weight excluding hydrogens is 332 g/mol. The van der Waals surface area contributed by atoms with Gasteiger partial charge in [-0.15, -0.1) is 0 Å². The number of Topliss-reactive ketones (excluding diaryl/α,β-unsaturated/α-hetero) is 1. The van der Waals surface area contributed by atoms with Crippen molar-refractivity contribution in [2.24, 2.45) is 11.3 Å². The molecule has 2 aromatic heterocycles. The van der Waals surface area contributed by atoms with Gasteiger partial charge in [-0.1, -0.05) is 27.2 Å². The van der Waals surface area contributed by atoms with Crippen LogP contribution in [-0.2, 0) is 4.79 Å². The van der Waals surface area contributed by atoms with E-state index in [-0.39, 0.29) is 11.2 Å². The quantitative estimate of drug-likeness (QED) is 0.558. The number of hydrogen-bond donors (Lipinski definition) is 0. The predicted octanol–water partition coefficient (Wildman–Crippen LogP) is 6.69. The topological polar surface area (TPSA) is 17.1 Å². The number of allylic oxidation sites excluding steroid dienone is 2. The molecule has 24 heavy (non-hydrogen) atoms. The zero-order valence-corrected chi connectivity index (χ0v) is 16.2. The second-order valence-electron chi connectivity index (χ2n) is 7.23. The van der Waals surface area contributed by atoms with Gasteiger partial charge in [0.05, 0.1) is 0 Å². The summed E-state index contributed by atoms with van der Waals surface area (Å²) in [6.07, 6.45) is 7.09. The van der Waals surface area contributed by atoms with E-state index in [1.54, 1.807) is 22.7 Å².